The lowest BCUT2D eigenvalue weighted by molar-refractivity contribution is -0.133. The molecule has 0 atom stereocenters. The van der Waals surface area contributed by atoms with E-state index in [4.69, 9.17) is 5.11 Å². The number of carbonyl (C=O) groups is 2. The van der Waals surface area contributed by atoms with Gasteiger partial charge >= 0.3 is 5.97 Å². The number of amides is 1. The van der Waals surface area contributed by atoms with Crippen molar-refractivity contribution in [1.82, 2.24) is 4.90 Å². The van der Waals surface area contributed by atoms with E-state index >= 15 is 0 Å². The van der Waals surface area contributed by atoms with Gasteiger partial charge in [-0.3, -0.25) is 4.79 Å². The molecule has 8 heteroatoms. The van der Waals surface area contributed by atoms with Crippen molar-refractivity contribution in [3.63, 3.8) is 0 Å². The Hall–Kier alpha value is -1.70. The predicted molar refractivity (Wildman–Crippen MR) is 57.9 cm³/mol. The Morgan fingerprint density at radius 2 is 1.88 bits per heavy atom. The Bertz CT molecular complexity index is 540. The van der Waals surface area contributed by atoms with Crippen LogP contribution in [0.15, 0.2) is 14.9 Å². The zero-order chi connectivity index (χ0) is 12.6. The molecule has 1 fully saturated rings. The average Bonchev–Trinajstić information content (AvgIpc) is 2.83. The van der Waals surface area contributed by atoms with E-state index in [0.29, 0.717) is 19.3 Å². The van der Waals surface area contributed by atoms with Gasteiger partial charge < -0.3 is 10.0 Å². The van der Waals surface area contributed by atoms with Gasteiger partial charge in [-0.1, -0.05) is 0 Å². The highest BCUT2D eigenvalue weighted by atomic mass is 32.2. The summed E-state index contributed by atoms with van der Waals surface area (Å²) in [5, 5.41) is 8.82. The van der Waals surface area contributed by atoms with Crippen molar-refractivity contribution in [2.75, 3.05) is 13.1 Å². The number of carboxylic acids is 1. The number of hydrogen-bond acceptors (Lipinski definition) is 4. The van der Waals surface area contributed by atoms with Gasteiger partial charge in [-0.15, -0.1) is 0 Å². The Kier molecular flexibility index (Phi) is 2.74. The number of carboxylic acid groups (broad SMARTS) is 1. The summed E-state index contributed by atoms with van der Waals surface area (Å²) in [6.07, 6.45) is 2.30. The SMILES string of the molecule is O=C(O)C1=C(C(=O)N2CCCC2)S(=O)(=O)N=C1. The summed E-state index contributed by atoms with van der Waals surface area (Å²) in [5.74, 6) is -2.23. The minimum absolute atomic E-state index is 0.449. The van der Waals surface area contributed by atoms with Gasteiger partial charge in [0, 0.05) is 13.1 Å². The molecule has 92 valence electrons. The van der Waals surface area contributed by atoms with Gasteiger partial charge in [0.25, 0.3) is 15.9 Å². The van der Waals surface area contributed by atoms with E-state index < -0.39 is 32.4 Å². The van der Waals surface area contributed by atoms with Crippen LogP contribution in [-0.2, 0) is 19.6 Å². The number of hydrogen-bond donors (Lipinski definition) is 1. The third-order valence-corrected chi connectivity index (χ3v) is 3.93. The molecular weight excluding hydrogens is 248 g/mol. The minimum Gasteiger partial charge on any atom is -0.478 e. The van der Waals surface area contributed by atoms with Crippen molar-refractivity contribution in [1.29, 1.82) is 0 Å². The molecule has 2 rings (SSSR count). The first-order valence-corrected chi connectivity index (χ1v) is 6.44. The van der Waals surface area contributed by atoms with Crippen LogP contribution in [-0.4, -0.2) is 49.6 Å². The number of nitrogens with zero attached hydrogens (tertiary/aromatic N) is 2. The van der Waals surface area contributed by atoms with E-state index in [-0.39, 0.29) is 0 Å². The molecule has 0 aromatic carbocycles. The Labute approximate surface area is 97.5 Å². The van der Waals surface area contributed by atoms with Crippen LogP contribution in [0.3, 0.4) is 0 Å². The van der Waals surface area contributed by atoms with Gasteiger partial charge in [-0.2, -0.15) is 12.8 Å². The largest absolute Gasteiger partial charge is 0.478 e. The first-order valence-electron chi connectivity index (χ1n) is 5.00. The van der Waals surface area contributed by atoms with E-state index in [0.717, 1.165) is 12.8 Å². The second-order valence-corrected chi connectivity index (χ2v) is 5.33. The molecule has 0 bridgehead atoms. The second-order valence-electron chi connectivity index (χ2n) is 3.76. The quantitative estimate of drug-likeness (QED) is 0.709. The monoisotopic (exact) mass is 258 g/mol. The predicted octanol–water partition coefficient (Wildman–Crippen LogP) is -0.638. The fraction of sp³-hybridized carbons (Fsp3) is 0.444. The molecule has 2 aliphatic rings. The number of rotatable bonds is 2. The molecule has 17 heavy (non-hydrogen) atoms. The van der Waals surface area contributed by atoms with Gasteiger partial charge in [-0.25, -0.2) is 4.79 Å². The lowest BCUT2D eigenvalue weighted by Gasteiger charge is -2.15. The molecule has 0 saturated carbocycles. The maximum Gasteiger partial charge on any atom is 0.338 e. The van der Waals surface area contributed by atoms with E-state index in [1.807, 2.05) is 0 Å². The summed E-state index contributed by atoms with van der Waals surface area (Å²) in [6.45, 7) is 0.898. The Balaban J connectivity index is 2.44. The highest BCUT2D eigenvalue weighted by Gasteiger charge is 2.38. The van der Waals surface area contributed by atoms with Crippen molar-refractivity contribution < 1.29 is 23.1 Å². The Morgan fingerprint density at radius 3 is 2.41 bits per heavy atom. The summed E-state index contributed by atoms with van der Waals surface area (Å²) in [6, 6.07) is 0. The minimum atomic E-state index is -4.14. The number of aliphatic carboxylic acids is 1. The molecule has 0 radical (unpaired) electrons. The number of sulfonamides is 1. The molecule has 0 aromatic rings. The van der Waals surface area contributed by atoms with Crippen LogP contribution in [0.25, 0.3) is 0 Å². The molecular formula is C9H10N2O5S. The van der Waals surface area contributed by atoms with E-state index in [1.54, 1.807) is 0 Å². The summed E-state index contributed by atoms with van der Waals surface area (Å²) >= 11 is 0. The van der Waals surface area contributed by atoms with Crippen molar-refractivity contribution >= 4 is 28.1 Å². The molecule has 2 aliphatic heterocycles. The molecule has 0 spiro atoms. The van der Waals surface area contributed by atoms with Gasteiger partial charge in [-0.05, 0) is 12.8 Å². The second kappa shape index (κ2) is 3.95. The van der Waals surface area contributed by atoms with Crippen molar-refractivity contribution in [3.8, 4) is 0 Å². The van der Waals surface area contributed by atoms with Gasteiger partial charge in [0.2, 0.25) is 0 Å². The van der Waals surface area contributed by atoms with Crippen LogP contribution in [0, 0.1) is 0 Å². The van der Waals surface area contributed by atoms with E-state index in [2.05, 4.69) is 4.40 Å². The molecule has 7 nitrogen and oxygen atoms in total. The van der Waals surface area contributed by atoms with Gasteiger partial charge in [0.15, 0.2) is 4.91 Å². The summed E-state index contributed by atoms with van der Waals surface area (Å²) in [5.41, 5.74) is -0.554. The lowest BCUT2D eigenvalue weighted by atomic mass is 10.2. The van der Waals surface area contributed by atoms with Crippen LogP contribution in [0.2, 0.25) is 0 Å². The first-order chi connectivity index (χ1) is 7.93. The fourth-order valence-electron chi connectivity index (χ4n) is 1.81. The Morgan fingerprint density at radius 1 is 1.29 bits per heavy atom. The van der Waals surface area contributed by atoms with Crippen LogP contribution in [0.1, 0.15) is 12.8 Å². The summed E-state index contributed by atoms with van der Waals surface area (Å²) in [4.78, 5) is 23.4. The van der Waals surface area contributed by atoms with Crippen LogP contribution in [0.4, 0.5) is 0 Å². The van der Waals surface area contributed by atoms with Crippen molar-refractivity contribution in [2.24, 2.45) is 4.40 Å². The third-order valence-electron chi connectivity index (χ3n) is 2.64. The summed E-state index contributed by atoms with van der Waals surface area (Å²) in [7, 11) is -4.14. The summed E-state index contributed by atoms with van der Waals surface area (Å²) < 4.78 is 26.1. The van der Waals surface area contributed by atoms with E-state index in [1.165, 1.54) is 4.90 Å². The maximum atomic E-state index is 11.9. The van der Waals surface area contributed by atoms with Crippen LogP contribution < -0.4 is 0 Å². The molecule has 1 saturated heterocycles. The van der Waals surface area contributed by atoms with Crippen molar-refractivity contribution in [3.05, 3.63) is 10.5 Å². The maximum absolute atomic E-state index is 11.9. The van der Waals surface area contributed by atoms with Gasteiger partial charge in [0.1, 0.15) is 5.57 Å². The zero-order valence-electron chi connectivity index (χ0n) is 8.79. The number of carbonyl (C=O) groups excluding carboxylic acids is 1. The molecule has 0 aromatic heterocycles. The zero-order valence-corrected chi connectivity index (χ0v) is 9.61. The number of likely N-dealkylation sites (tertiary alicyclic amines) is 1. The lowest BCUT2D eigenvalue weighted by Crippen LogP contribution is -2.32. The average molecular weight is 258 g/mol. The van der Waals surface area contributed by atoms with Crippen LogP contribution in [0.5, 0.6) is 0 Å². The molecule has 1 amide bonds. The molecule has 0 aliphatic carbocycles. The highest BCUT2D eigenvalue weighted by Crippen LogP contribution is 2.24. The van der Waals surface area contributed by atoms with E-state index in [9.17, 15) is 18.0 Å². The standard InChI is InChI=1S/C9H10N2O5S/c12-8(11-3-1-2-4-11)7-6(9(13)14)5-10-17(7,15)16/h5H,1-4H2,(H,13,14). The van der Waals surface area contributed by atoms with Crippen LogP contribution >= 0.6 is 0 Å². The van der Waals surface area contributed by atoms with Crippen molar-refractivity contribution in [2.45, 2.75) is 12.8 Å². The third kappa shape index (κ3) is 1.95. The molecule has 2 heterocycles. The highest BCUT2D eigenvalue weighted by molar-refractivity contribution is 7.95. The first kappa shape index (κ1) is 11.8. The molecule has 0 unspecified atom stereocenters. The topological polar surface area (TPSA) is 104 Å². The fourth-order valence-corrected chi connectivity index (χ4v) is 2.93. The van der Waals surface area contributed by atoms with Gasteiger partial charge in [0.05, 0.1) is 6.21 Å². The normalized spacial score (nSPS) is 22.2. The molecule has 1 N–H and O–H groups in total. The smallest absolute Gasteiger partial charge is 0.338 e.